The molecule has 0 radical (unpaired) electrons. The molecule has 0 saturated carbocycles. The molecule has 0 saturated heterocycles. The van der Waals surface area contributed by atoms with E-state index in [1.807, 2.05) is 38.2 Å². The summed E-state index contributed by atoms with van der Waals surface area (Å²) in [6.45, 7) is 5.10. The smallest absolute Gasteiger partial charge is 0.224 e. The summed E-state index contributed by atoms with van der Waals surface area (Å²) in [6, 6.07) is 7.92. The van der Waals surface area contributed by atoms with Gasteiger partial charge in [0.15, 0.2) is 5.96 Å². The van der Waals surface area contributed by atoms with E-state index in [-0.39, 0.29) is 29.9 Å². The summed E-state index contributed by atoms with van der Waals surface area (Å²) >= 11 is 3.51. The first-order valence-corrected chi connectivity index (χ1v) is 8.87. The molecule has 0 heterocycles. The standard InChI is InChI=1S/C17H27BrN4O2.HI/c1-4-24-12-11-21-17(19-2)20-10-9-16(23)22(3)13-14-7-5-6-8-15(14)18;/h5-8H,4,9-13H2,1-3H3,(H2,19,20,21);1H. The molecule has 25 heavy (non-hydrogen) atoms. The van der Waals surface area contributed by atoms with Crippen LogP contribution in [0.5, 0.6) is 0 Å². The Morgan fingerprint density at radius 1 is 1.28 bits per heavy atom. The van der Waals surface area contributed by atoms with E-state index in [0.717, 1.165) is 10.0 Å². The van der Waals surface area contributed by atoms with E-state index in [0.29, 0.717) is 45.2 Å². The number of guanidine groups is 1. The molecule has 1 aromatic rings. The molecule has 0 unspecified atom stereocenters. The molecule has 0 aliphatic heterocycles. The number of nitrogens with one attached hydrogen (secondary N) is 2. The molecule has 0 spiro atoms. The highest BCUT2D eigenvalue weighted by Gasteiger charge is 2.10. The van der Waals surface area contributed by atoms with E-state index in [1.165, 1.54) is 0 Å². The molecule has 0 atom stereocenters. The fourth-order valence-electron chi connectivity index (χ4n) is 2.06. The van der Waals surface area contributed by atoms with Crippen LogP contribution in [0.4, 0.5) is 0 Å². The first kappa shape index (κ1) is 24.1. The zero-order chi connectivity index (χ0) is 17.8. The molecule has 142 valence electrons. The van der Waals surface area contributed by atoms with Gasteiger partial charge in [0, 0.05) is 51.2 Å². The summed E-state index contributed by atoms with van der Waals surface area (Å²) in [4.78, 5) is 18.1. The van der Waals surface area contributed by atoms with Crippen LogP contribution in [-0.2, 0) is 16.1 Å². The molecule has 1 aromatic carbocycles. The second kappa shape index (κ2) is 14.3. The monoisotopic (exact) mass is 526 g/mol. The van der Waals surface area contributed by atoms with Crippen LogP contribution in [0.25, 0.3) is 0 Å². The maximum Gasteiger partial charge on any atom is 0.224 e. The minimum atomic E-state index is 0. The Balaban J connectivity index is 0.00000576. The lowest BCUT2D eigenvalue weighted by atomic mass is 10.2. The van der Waals surface area contributed by atoms with Gasteiger partial charge in [-0.25, -0.2) is 0 Å². The number of benzene rings is 1. The number of nitrogens with zero attached hydrogens (tertiary/aromatic N) is 2. The molecule has 6 nitrogen and oxygen atoms in total. The maximum absolute atomic E-state index is 12.2. The highest BCUT2D eigenvalue weighted by Crippen LogP contribution is 2.17. The number of ether oxygens (including phenoxy) is 1. The predicted octanol–water partition coefficient (Wildman–Crippen LogP) is 2.62. The van der Waals surface area contributed by atoms with Gasteiger partial charge in [-0.05, 0) is 18.6 Å². The number of amides is 1. The van der Waals surface area contributed by atoms with Gasteiger partial charge in [0.25, 0.3) is 0 Å². The number of halogens is 2. The van der Waals surface area contributed by atoms with Crippen molar-refractivity contribution in [3.8, 4) is 0 Å². The molecule has 0 bridgehead atoms. The third-order valence-corrected chi connectivity index (χ3v) is 4.16. The van der Waals surface area contributed by atoms with E-state index in [9.17, 15) is 4.79 Å². The highest BCUT2D eigenvalue weighted by molar-refractivity contribution is 14.0. The topological polar surface area (TPSA) is 66.0 Å². The molecular formula is C17H28BrIN4O2. The summed E-state index contributed by atoms with van der Waals surface area (Å²) in [5, 5.41) is 6.27. The van der Waals surface area contributed by atoms with E-state index in [1.54, 1.807) is 11.9 Å². The quantitative estimate of drug-likeness (QED) is 0.225. The minimum Gasteiger partial charge on any atom is -0.380 e. The number of rotatable bonds is 9. The fourth-order valence-corrected chi connectivity index (χ4v) is 2.47. The molecule has 1 amide bonds. The van der Waals surface area contributed by atoms with Crippen LogP contribution in [0, 0.1) is 0 Å². The largest absolute Gasteiger partial charge is 0.380 e. The van der Waals surface area contributed by atoms with Gasteiger partial charge in [-0.15, -0.1) is 24.0 Å². The number of aliphatic imine (C=N–C) groups is 1. The van der Waals surface area contributed by atoms with Crippen LogP contribution >= 0.6 is 39.9 Å². The van der Waals surface area contributed by atoms with Gasteiger partial charge in [0.2, 0.25) is 5.91 Å². The molecule has 0 fully saturated rings. The summed E-state index contributed by atoms with van der Waals surface area (Å²) in [6.07, 6.45) is 0.410. The maximum atomic E-state index is 12.2. The van der Waals surface area contributed by atoms with Crippen LogP contribution in [0.3, 0.4) is 0 Å². The molecule has 8 heteroatoms. The summed E-state index contributed by atoms with van der Waals surface area (Å²) in [7, 11) is 3.52. The SMILES string of the molecule is CCOCCNC(=NC)NCCC(=O)N(C)Cc1ccccc1Br.I. The lowest BCUT2D eigenvalue weighted by Crippen LogP contribution is -2.40. The minimum absolute atomic E-state index is 0. The Labute approximate surface area is 175 Å². The average Bonchev–Trinajstić information content (AvgIpc) is 2.58. The first-order valence-electron chi connectivity index (χ1n) is 8.08. The van der Waals surface area contributed by atoms with Gasteiger partial charge in [-0.1, -0.05) is 34.1 Å². The van der Waals surface area contributed by atoms with Gasteiger partial charge in [-0.3, -0.25) is 9.79 Å². The molecule has 2 N–H and O–H groups in total. The summed E-state index contributed by atoms with van der Waals surface area (Å²) in [5.41, 5.74) is 1.09. The van der Waals surface area contributed by atoms with Crippen molar-refractivity contribution in [3.63, 3.8) is 0 Å². The van der Waals surface area contributed by atoms with Crippen molar-refractivity contribution in [2.75, 3.05) is 40.4 Å². The van der Waals surface area contributed by atoms with E-state index < -0.39 is 0 Å². The van der Waals surface area contributed by atoms with Crippen LogP contribution in [0.2, 0.25) is 0 Å². The van der Waals surface area contributed by atoms with E-state index in [4.69, 9.17) is 4.74 Å². The second-order valence-corrected chi connectivity index (χ2v) is 6.07. The Hall–Kier alpha value is -0.870. The van der Waals surface area contributed by atoms with Gasteiger partial charge in [-0.2, -0.15) is 0 Å². The summed E-state index contributed by atoms with van der Waals surface area (Å²) < 4.78 is 6.27. The fraction of sp³-hybridized carbons (Fsp3) is 0.529. The van der Waals surface area contributed by atoms with Crippen LogP contribution in [-0.4, -0.2) is 57.2 Å². The van der Waals surface area contributed by atoms with Crippen molar-refractivity contribution in [2.45, 2.75) is 19.9 Å². The van der Waals surface area contributed by atoms with Crippen LogP contribution in [0.1, 0.15) is 18.9 Å². The number of hydrogen-bond donors (Lipinski definition) is 2. The van der Waals surface area contributed by atoms with Crippen LogP contribution < -0.4 is 10.6 Å². The van der Waals surface area contributed by atoms with Crippen LogP contribution in [0.15, 0.2) is 33.7 Å². The Morgan fingerprint density at radius 3 is 2.60 bits per heavy atom. The second-order valence-electron chi connectivity index (χ2n) is 5.21. The number of carbonyl (C=O) groups is 1. The Bertz CT molecular complexity index is 543. The zero-order valence-corrected chi connectivity index (χ0v) is 19.0. The normalized spacial score (nSPS) is 10.8. The van der Waals surface area contributed by atoms with Gasteiger partial charge in [0.1, 0.15) is 0 Å². The Morgan fingerprint density at radius 2 is 1.96 bits per heavy atom. The molecule has 1 rings (SSSR count). The van der Waals surface area contributed by atoms with Crippen molar-refractivity contribution < 1.29 is 9.53 Å². The predicted molar refractivity (Wildman–Crippen MR) is 117 cm³/mol. The van der Waals surface area contributed by atoms with Crippen molar-refractivity contribution in [1.29, 1.82) is 0 Å². The number of hydrogen-bond acceptors (Lipinski definition) is 3. The van der Waals surface area contributed by atoms with Crippen molar-refractivity contribution in [2.24, 2.45) is 4.99 Å². The lowest BCUT2D eigenvalue weighted by molar-refractivity contribution is -0.130. The lowest BCUT2D eigenvalue weighted by Gasteiger charge is -2.19. The zero-order valence-electron chi connectivity index (χ0n) is 15.0. The van der Waals surface area contributed by atoms with E-state index in [2.05, 4.69) is 31.6 Å². The molecule has 0 aromatic heterocycles. The van der Waals surface area contributed by atoms with Crippen molar-refractivity contribution >= 4 is 51.8 Å². The third-order valence-electron chi connectivity index (χ3n) is 3.39. The van der Waals surface area contributed by atoms with Gasteiger partial charge < -0.3 is 20.3 Å². The number of carbonyl (C=O) groups excluding carboxylic acids is 1. The third kappa shape index (κ3) is 10.0. The molecule has 0 aliphatic carbocycles. The summed E-state index contributed by atoms with van der Waals surface area (Å²) in [5.74, 6) is 0.763. The first-order chi connectivity index (χ1) is 11.6. The molecular weight excluding hydrogens is 499 g/mol. The highest BCUT2D eigenvalue weighted by atomic mass is 127. The van der Waals surface area contributed by atoms with Gasteiger partial charge in [0.05, 0.1) is 6.61 Å². The van der Waals surface area contributed by atoms with Crippen molar-refractivity contribution in [1.82, 2.24) is 15.5 Å². The molecule has 0 aliphatic rings. The van der Waals surface area contributed by atoms with E-state index >= 15 is 0 Å². The van der Waals surface area contributed by atoms with Gasteiger partial charge >= 0.3 is 0 Å². The Kier molecular flexibility index (Phi) is 13.8. The van der Waals surface area contributed by atoms with Crippen molar-refractivity contribution in [3.05, 3.63) is 34.3 Å². The average molecular weight is 527 g/mol.